The van der Waals surface area contributed by atoms with E-state index in [4.69, 9.17) is 9.47 Å². The number of aliphatic hydroxyl groups excluding tert-OH is 2. The summed E-state index contributed by atoms with van der Waals surface area (Å²) in [4.78, 5) is 24.3. The van der Waals surface area contributed by atoms with Gasteiger partial charge in [0.25, 0.3) is 0 Å². The first-order valence-corrected chi connectivity index (χ1v) is 20.0. The van der Waals surface area contributed by atoms with Crippen LogP contribution in [0.1, 0.15) is 174 Å². The molecule has 0 aliphatic rings. The molecule has 282 valence electrons. The maximum atomic E-state index is 12.2. The van der Waals surface area contributed by atoms with E-state index in [-0.39, 0.29) is 19.0 Å². The quantitative estimate of drug-likeness (QED) is 0.0298. The Hall–Kier alpha value is -2.44. The summed E-state index contributed by atoms with van der Waals surface area (Å²) in [6.45, 7) is 3.85. The van der Waals surface area contributed by atoms with E-state index in [1.165, 1.54) is 89.9 Å². The van der Waals surface area contributed by atoms with Gasteiger partial charge in [0, 0.05) is 12.8 Å². The van der Waals surface area contributed by atoms with Gasteiger partial charge in [-0.15, -0.1) is 0 Å². The van der Waals surface area contributed by atoms with Crippen molar-refractivity contribution in [2.24, 2.45) is 0 Å². The van der Waals surface area contributed by atoms with Crippen molar-refractivity contribution in [3.8, 4) is 0 Å². The minimum Gasteiger partial charge on any atom is -0.462 e. The van der Waals surface area contributed by atoms with Crippen molar-refractivity contribution >= 4 is 11.9 Å². The fourth-order valence-corrected chi connectivity index (χ4v) is 5.41. The number of hydrogen-bond acceptors (Lipinski definition) is 6. The van der Waals surface area contributed by atoms with Crippen molar-refractivity contribution in [3.05, 3.63) is 60.8 Å². The Kier molecular flexibility index (Phi) is 36.5. The predicted octanol–water partition coefficient (Wildman–Crippen LogP) is 11.4. The molecule has 0 heterocycles. The van der Waals surface area contributed by atoms with Crippen LogP contribution in [0.4, 0.5) is 0 Å². The molecule has 2 atom stereocenters. The lowest BCUT2D eigenvalue weighted by molar-refractivity contribution is -0.161. The van der Waals surface area contributed by atoms with E-state index >= 15 is 0 Å². The van der Waals surface area contributed by atoms with Gasteiger partial charge in [0.15, 0.2) is 6.10 Å². The Labute approximate surface area is 301 Å². The molecule has 0 saturated carbocycles. The number of hydrogen-bond donors (Lipinski definition) is 2. The monoisotopic (exact) mass is 687 g/mol. The van der Waals surface area contributed by atoms with E-state index in [1.54, 1.807) is 6.08 Å². The van der Waals surface area contributed by atoms with Gasteiger partial charge in [0.05, 0.1) is 12.7 Å². The van der Waals surface area contributed by atoms with Crippen LogP contribution in [0.2, 0.25) is 0 Å². The minimum atomic E-state index is -0.846. The number of esters is 2. The molecule has 0 aromatic carbocycles. The third-order valence-electron chi connectivity index (χ3n) is 8.43. The average Bonchev–Trinajstić information content (AvgIpc) is 3.10. The topological polar surface area (TPSA) is 93.1 Å². The third kappa shape index (κ3) is 36.7. The third-order valence-corrected chi connectivity index (χ3v) is 8.43. The first kappa shape index (κ1) is 46.6. The summed E-state index contributed by atoms with van der Waals surface area (Å²) in [5, 5.41) is 19.7. The summed E-state index contributed by atoms with van der Waals surface area (Å²) in [6, 6.07) is 0. The molecule has 0 saturated heterocycles. The molecule has 6 nitrogen and oxygen atoms in total. The number of aliphatic hydroxyl groups is 2. The zero-order valence-electron chi connectivity index (χ0n) is 31.5. The predicted molar refractivity (Wildman–Crippen MR) is 206 cm³/mol. The summed E-state index contributed by atoms with van der Waals surface area (Å²) in [7, 11) is 0. The van der Waals surface area contributed by atoms with Crippen LogP contribution in [-0.4, -0.2) is 47.6 Å². The zero-order chi connectivity index (χ0) is 35.9. The summed E-state index contributed by atoms with van der Waals surface area (Å²) < 4.78 is 10.5. The highest BCUT2D eigenvalue weighted by Crippen LogP contribution is 2.15. The van der Waals surface area contributed by atoms with E-state index in [0.29, 0.717) is 19.3 Å². The molecule has 0 spiro atoms. The van der Waals surface area contributed by atoms with Gasteiger partial charge in [-0.25, -0.2) is 0 Å². The Morgan fingerprint density at radius 1 is 0.571 bits per heavy atom. The summed E-state index contributed by atoms with van der Waals surface area (Å²) in [5.74, 6) is -0.794. The largest absolute Gasteiger partial charge is 0.462 e. The van der Waals surface area contributed by atoms with Crippen LogP contribution in [0, 0.1) is 0 Å². The van der Waals surface area contributed by atoms with Gasteiger partial charge in [0.2, 0.25) is 0 Å². The normalized spacial score (nSPS) is 13.5. The van der Waals surface area contributed by atoms with Crippen LogP contribution >= 0.6 is 0 Å². The molecule has 0 radical (unpaired) electrons. The van der Waals surface area contributed by atoms with E-state index in [1.807, 2.05) is 18.2 Å². The van der Waals surface area contributed by atoms with Gasteiger partial charge in [0.1, 0.15) is 6.61 Å². The van der Waals surface area contributed by atoms with E-state index < -0.39 is 24.8 Å². The highest BCUT2D eigenvalue weighted by atomic mass is 16.6. The average molecular weight is 687 g/mol. The van der Waals surface area contributed by atoms with Crippen LogP contribution in [0.5, 0.6) is 0 Å². The van der Waals surface area contributed by atoms with E-state index in [0.717, 1.165) is 44.9 Å². The molecule has 0 rings (SSSR count). The molecule has 0 fully saturated rings. The maximum Gasteiger partial charge on any atom is 0.306 e. The number of rotatable bonds is 35. The molecular weight excluding hydrogens is 612 g/mol. The van der Waals surface area contributed by atoms with Crippen molar-refractivity contribution in [2.45, 2.75) is 187 Å². The molecule has 49 heavy (non-hydrogen) atoms. The lowest BCUT2D eigenvalue weighted by Gasteiger charge is -2.16. The number of allylic oxidation sites excluding steroid dienone is 9. The van der Waals surface area contributed by atoms with Crippen LogP contribution in [-0.2, 0) is 19.1 Å². The Morgan fingerprint density at radius 3 is 1.55 bits per heavy atom. The molecule has 0 aliphatic heterocycles. The van der Waals surface area contributed by atoms with Crippen LogP contribution in [0.15, 0.2) is 60.8 Å². The molecule has 0 amide bonds. The van der Waals surface area contributed by atoms with Crippen LogP contribution in [0.3, 0.4) is 0 Å². The first-order chi connectivity index (χ1) is 24.0. The molecule has 0 aliphatic carbocycles. The van der Waals surface area contributed by atoms with Crippen molar-refractivity contribution in [3.63, 3.8) is 0 Å². The van der Waals surface area contributed by atoms with Gasteiger partial charge >= 0.3 is 11.9 Å². The Morgan fingerprint density at radius 2 is 1.04 bits per heavy atom. The van der Waals surface area contributed by atoms with Crippen molar-refractivity contribution in [2.75, 3.05) is 13.2 Å². The number of carbonyl (C=O) groups excluding carboxylic acids is 2. The molecule has 0 bridgehead atoms. The number of ether oxygens (including phenoxy) is 2. The first-order valence-electron chi connectivity index (χ1n) is 20.0. The zero-order valence-corrected chi connectivity index (χ0v) is 31.5. The minimum absolute atomic E-state index is 0.153. The summed E-state index contributed by atoms with van der Waals surface area (Å²) in [5.41, 5.74) is 0. The van der Waals surface area contributed by atoms with E-state index in [2.05, 4.69) is 50.3 Å². The second kappa shape index (κ2) is 38.4. The van der Waals surface area contributed by atoms with Gasteiger partial charge in [-0.3, -0.25) is 9.59 Å². The summed E-state index contributed by atoms with van der Waals surface area (Å²) >= 11 is 0. The lowest BCUT2D eigenvalue weighted by Crippen LogP contribution is -2.28. The van der Waals surface area contributed by atoms with Gasteiger partial charge in [-0.1, -0.05) is 177 Å². The molecule has 1 unspecified atom stereocenters. The molecular formula is C43H74O6. The number of carbonyl (C=O) groups is 2. The standard InChI is InChI=1S/C43H74O6/c1-3-5-7-9-11-13-15-17-18-19-20-22-24-26-28-30-32-36-43(47)49-41(38-44)39-48-42(46)37-33-35-40(45)34-31-29-27-25-23-21-16-14-12-10-8-6-4-2/h6,8,12,14,21,23,27,29,31,34,40-41,44-45H,3-5,7,9-11,13,15-20,22,24-26,28,30,32-33,35-39H2,1-2H3/b8-6-,14-12-,23-21-,29-27-,34-31+/t40?,41-/m0/s1. The van der Waals surface area contributed by atoms with Crippen molar-refractivity contribution in [1.82, 2.24) is 0 Å². The van der Waals surface area contributed by atoms with Gasteiger partial charge < -0.3 is 19.7 Å². The van der Waals surface area contributed by atoms with Gasteiger partial charge in [-0.05, 0) is 44.9 Å². The fraction of sp³-hybridized carbons (Fsp3) is 0.721. The number of unbranched alkanes of at least 4 members (excludes halogenated alkanes) is 16. The molecule has 2 N–H and O–H groups in total. The second-order valence-corrected chi connectivity index (χ2v) is 13.2. The fourth-order valence-electron chi connectivity index (χ4n) is 5.41. The van der Waals surface area contributed by atoms with Crippen LogP contribution < -0.4 is 0 Å². The Bertz CT molecular complexity index is 887. The van der Waals surface area contributed by atoms with Gasteiger partial charge in [-0.2, -0.15) is 0 Å². The second-order valence-electron chi connectivity index (χ2n) is 13.2. The SMILES string of the molecule is CC/C=C\C/C=C\C/C=C\C/C=C\C=C\C(O)CCCC(=O)OC[C@H](CO)OC(=O)CCCCCCCCCCCCCCCCCCC. The smallest absolute Gasteiger partial charge is 0.306 e. The van der Waals surface area contributed by atoms with Crippen molar-refractivity contribution < 1.29 is 29.3 Å². The molecule has 0 aromatic rings. The van der Waals surface area contributed by atoms with Crippen molar-refractivity contribution in [1.29, 1.82) is 0 Å². The summed E-state index contributed by atoms with van der Waals surface area (Å²) in [6.07, 6.45) is 46.0. The molecule has 0 aromatic heterocycles. The maximum absolute atomic E-state index is 12.2. The molecule has 6 heteroatoms. The highest BCUT2D eigenvalue weighted by molar-refractivity contribution is 5.70. The van der Waals surface area contributed by atoms with Crippen LogP contribution in [0.25, 0.3) is 0 Å². The Balaban J connectivity index is 3.74. The highest BCUT2D eigenvalue weighted by Gasteiger charge is 2.16. The lowest BCUT2D eigenvalue weighted by atomic mass is 10.0. The van der Waals surface area contributed by atoms with E-state index in [9.17, 15) is 19.8 Å².